The number of aromatic hydroxyl groups is 4. The Balaban J connectivity index is 1.46. The van der Waals surface area contributed by atoms with Gasteiger partial charge in [0.25, 0.3) is 0 Å². The second-order valence-electron chi connectivity index (χ2n) is 10.7. The van der Waals surface area contributed by atoms with Gasteiger partial charge in [-0.25, -0.2) is 4.79 Å². The number of ether oxygens (including phenoxy) is 6. The summed E-state index contributed by atoms with van der Waals surface area (Å²) >= 11 is 0. The molecule has 3 saturated heterocycles. The van der Waals surface area contributed by atoms with Crippen molar-refractivity contribution in [3.05, 3.63) is 53.6 Å². The molecule has 15 nitrogen and oxygen atoms in total. The first-order chi connectivity index (χ1) is 21.0. The second-order valence-corrected chi connectivity index (χ2v) is 10.7. The van der Waals surface area contributed by atoms with Crippen LogP contribution in [0.3, 0.4) is 0 Å². The van der Waals surface area contributed by atoms with E-state index in [1.807, 2.05) is 0 Å². The van der Waals surface area contributed by atoms with Crippen molar-refractivity contribution in [2.75, 3.05) is 13.2 Å². The molecule has 8 N–H and O–H groups in total. The first-order valence-electron chi connectivity index (χ1n) is 13.8. The second kappa shape index (κ2) is 13.2. The van der Waals surface area contributed by atoms with Crippen LogP contribution in [0.4, 0.5) is 0 Å². The van der Waals surface area contributed by atoms with Crippen molar-refractivity contribution in [3.8, 4) is 23.0 Å². The number of carbonyl (C=O) groups excluding carboxylic acids is 1. The summed E-state index contributed by atoms with van der Waals surface area (Å²) < 4.78 is 35.0. The summed E-state index contributed by atoms with van der Waals surface area (Å²) in [5.74, 6) is -2.57. The summed E-state index contributed by atoms with van der Waals surface area (Å²) in [6.45, 7) is 0.486. The van der Waals surface area contributed by atoms with E-state index >= 15 is 0 Å². The fourth-order valence-corrected chi connectivity index (χ4v) is 5.19. The van der Waals surface area contributed by atoms with Gasteiger partial charge in [-0.05, 0) is 48.4 Å². The molecule has 0 radical (unpaired) electrons. The Hall–Kier alpha value is -3.51. The predicted molar refractivity (Wildman–Crippen MR) is 145 cm³/mol. The Bertz CT molecular complexity index is 1350. The molecular formula is C29H34O15. The minimum Gasteiger partial charge on any atom is -0.504 e. The molecule has 0 aliphatic carbocycles. The normalized spacial score (nSPS) is 36.0. The fourth-order valence-electron chi connectivity index (χ4n) is 5.19. The van der Waals surface area contributed by atoms with E-state index in [4.69, 9.17) is 28.4 Å². The Morgan fingerprint density at radius 1 is 0.841 bits per heavy atom. The molecule has 0 saturated carbocycles. The highest BCUT2D eigenvalue weighted by molar-refractivity contribution is 5.87. The number of hydrogen-bond donors (Lipinski definition) is 8. The van der Waals surface area contributed by atoms with Gasteiger partial charge in [-0.3, -0.25) is 0 Å². The molecule has 44 heavy (non-hydrogen) atoms. The average molecular weight is 623 g/mol. The molecule has 3 fully saturated rings. The van der Waals surface area contributed by atoms with Crippen LogP contribution in [-0.2, 0) is 33.2 Å². The maximum atomic E-state index is 12.9. The number of phenols is 4. The lowest BCUT2D eigenvalue weighted by Gasteiger charge is -2.49. The van der Waals surface area contributed by atoms with Crippen LogP contribution in [0.1, 0.15) is 24.2 Å². The number of carbonyl (C=O) groups is 1. The number of aliphatic hydroxyl groups is 4. The van der Waals surface area contributed by atoms with Gasteiger partial charge in [0.15, 0.2) is 41.7 Å². The zero-order valence-corrected chi connectivity index (χ0v) is 23.3. The van der Waals surface area contributed by atoms with Crippen LogP contribution in [0.2, 0.25) is 0 Å². The van der Waals surface area contributed by atoms with Crippen molar-refractivity contribution in [2.24, 2.45) is 0 Å². The number of benzene rings is 2. The summed E-state index contributed by atoms with van der Waals surface area (Å²) in [6, 6.07) is 7.73. The van der Waals surface area contributed by atoms with Crippen molar-refractivity contribution >= 4 is 12.0 Å². The summed E-state index contributed by atoms with van der Waals surface area (Å²) in [5, 5.41) is 82.1. The largest absolute Gasteiger partial charge is 0.504 e. The van der Waals surface area contributed by atoms with E-state index in [1.54, 1.807) is 0 Å². The standard InChI is InChI=1S/C29H34O15/c1-12-22(36)23(37)27-29(40-12)39-11-20(14-4-6-16(32)18(34)9-14)42-28-24(38)26(44-27)25(19(10-30)41-28)43-21(35)7-3-13-2-5-15(31)17(33)8-13/h2-9,12,19-20,22-34,36-38H,10-11H2,1H3/b7-3+/t12-,19+,20-,22-,23+,24+,25+,26+,27+,28+,29-/m0/s1. The third-order valence-corrected chi connectivity index (χ3v) is 7.64. The molecule has 3 aliphatic heterocycles. The maximum absolute atomic E-state index is 12.9. The van der Waals surface area contributed by atoms with Crippen LogP contribution < -0.4 is 0 Å². The maximum Gasteiger partial charge on any atom is 0.331 e. The molecule has 15 heteroatoms. The number of esters is 1. The first-order valence-corrected chi connectivity index (χ1v) is 13.8. The monoisotopic (exact) mass is 622 g/mol. The molecule has 2 aromatic carbocycles. The van der Waals surface area contributed by atoms with Gasteiger partial charge in [-0.1, -0.05) is 12.1 Å². The number of fused-ring (bicyclic) bond motifs is 3. The lowest BCUT2D eigenvalue weighted by molar-refractivity contribution is -0.372. The van der Waals surface area contributed by atoms with Gasteiger partial charge in [0, 0.05) is 6.08 Å². The van der Waals surface area contributed by atoms with Crippen LogP contribution in [0.15, 0.2) is 42.5 Å². The molecule has 3 heterocycles. The van der Waals surface area contributed by atoms with E-state index in [2.05, 4.69) is 0 Å². The van der Waals surface area contributed by atoms with Crippen LogP contribution in [0.25, 0.3) is 6.08 Å². The number of rotatable bonds is 5. The van der Waals surface area contributed by atoms with Gasteiger partial charge in [-0.15, -0.1) is 0 Å². The van der Waals surface area contributed by atoms with E-state index in [0.29, 0.717) is 11.1 Å². The highest BCUT2D eigenvalue weighted by atomic mass is 16.8. The molecule has 3 aliphatic rings. The van der Waals surface area contributed by atoms with Gasteiger partial charge < -0.3 is 69.3 Å². The lowest BCUT2D eigenvalue weighted by atomic mass is 9.95. The molecule has 0 amide bonds. The van der Waals surface area contributed by atoms with Crippen molar-refractivity contribution < 1.29 is 74.1 Å². The fraction of sp³-hybridized carbons (Fsp3) is 0.483. The molecular weight excluding hydrogens is 588 g/mol. The average Bonchev–Trinajstić information content (AvgIpc) is 2.99. The molecule has 2 bridgehead atoms. The highest BCUT2D eigenvalue weighted by Crippen LogP contribution is 2.37. The zero-order valence-electron chi connectivity index (χ0n) is 23.3. The smallest absolute Gasteiger partial charge is 0.331 e. The highest BCUT2D eigenvalue weighted by Gasteiger charge is 2.54. The van der Waals surface area contributed by atoms with E-state index < -0.39 is 91.6 Å². The SMILES string of the molecule is C[C@@H]1O[C@@H]2OC[C@@H](c3ccc(O)c(O)c3)O[C@H]3O[C@H](CO)[C@@H](OC(=O)/C=C/c4ccc(O)c(O)c4)[C@H](O[C@@H]2[C@H](O)[C@H]1O)[C@H]3O. The van der Waals surface area contributed by atoms with Gasteiger partial charge >= 0.3 is 5.97 Å². The summed E-state index contributed by atoms with van der Waals surface area (Å²) in [4.78, 5) is 12.9. The quantitative estimate of drug-likeness (QED) is 0.119. The third kappa shape index (κ3) is 6.61. The lowest BCUT2D eigenvalue weighted by Crippen LogP contribution is -2.66. The van der Waals surface area contributed by atoms with E-state index in [-0.39, 0.29) is 18.1 Å². The van der Waals surface area contributed by atoms with Crippen LogP contribution >= 0.6 is 0 Å². The van der Waals surface area contributed by atoms with Crippen molar-refractivity contribution in [3.63, 3.8) is 0 Å². The number of hydrogen-bond acceptors (Lipinski definition) is 15. The van der Waals surface area contributed by atoms with Gasteiger partial charge in [0.2, 0.25) is 0 Å². The van der Waals surface area contributed by atoms with Crippen LogP contribution in [-0.4, -0.2) is 121 Å². The van der Waals surface area contributed by atoms with E-state index in [9.17, 15) is 45.6 Å². The Labute approximate surface area is 250 Å². The molecule has 5 rings (SSSR count). The minimum atomic E-state index is -1.70. The molecule has 2 aromatic rings. The first kappa shape index (κ1) is 31.9. The predicted octanol–water partition coefficient (Wildman–Crippen LogP) is -0.479. The Morgan fingerprint density at radius 2 is 1.55 bits per heavy atom. The van der Waals surface area contributed by atoms with Gasteiger partial charge in [0.05, 0.1) is 19.3 Å². The van der Waals surface area contributed by atoms with Crippen molar-refractivity contribution in [2.45, 2.75) is 74.4 Å². The van der Waals surface area contributed by atoms with Crippen molar-refractivity contribution in [1.29, 1.82) is 0 Å². The zero-order chi connectivity index (χ0) is 31.7. The van der Waals surface area contributed by atoms with Crippen LogP contribution in [0.5, 0.6) is 23.0 Å². The summed E-state index contributed by atoms with van der Waals surface area (Å²) in [6.07, 6.45) is -13.0. The molecule has 0 unspecified atom stereocenters. The van der Waals surface area contributed by atoms with Gasteiger partial charge in [0.1, 0.15) is 42.7 Å². The molecule has 0 spiro atoms. The number of aliphatic hydroxyl groups excluding tert-OH is 4. The van der Waals surface area contributed by atoms with E-state index in [0.717, 1.165) is 6.08 Å². The Morgan fingerprint density at radius 3 is 2.23 bits per heavy atom. The minimum absolute atomic E-state index is 0.290. The summed E-state index contributed by atoms with van der Waals surface area (Å²) in [7, 11) is 0. The topological polar surface area (TPSA) is 234 Å². The number of phenolic OH excluding ortho intramolecular Hbond substituents is 4. The molecule has 240 valence electrons. The van der Waals surface area contributed by atoms with Gasteiger partial charge in [-0.2, -0.15) is 0 Å². The molecule has 0 aromatic heterocycles. The van der Waals surface area contributed by atoms with Crippen molar-refractivity contribution in [1.82, 2.24) is 0 Å². The van der Waals surface area contributed by atoms with Crippen LogP contribution in [0, 0.1) is 0 Å². The third-order valence-electron chi connectivity index (χ3n) is 7.64. The molecule has 11 atom stereocenters. The van der Waals surface area contributed by atoms with E-state index in [1.165, 1.54) is 49.4 Å². The summed E-state index contributed by atoms with van der Waals surface area (Å²) in [5.41, 5.74) is 0.644. The Kier molecular flexibility index (Phi) is 9.59.